The molecule has 6 nitrogen and oxygen atoms in total. The van der Waals surface area contributed by atoms with Crippen LogP contribution in [-0.4, -0.2) is 49.9 Å². The van der Waals surface area contributed by atoms with E-state index in [1.807, 2.05) is 0 Å². The minimum atomic E-state index is -6.50. The van der Waals surface area contributed by atoms with Crippen LogP contribution in [0.25, 0.3) is 0 Å². The number of rotatable bonds is 12. The minimum absolute atomic E-state index is 0.0146. The second-order valence-corrected chi connectivity index (χ2v) is 11.6. The van der Waals surface area contributed by atoms with E-state index >= 15 is 0 Å². The van der Waals surface area contributed by atoms with E-state index in [-0.39, 0.29) is 29.7 Å². The standard InChI is InChI=1S/C18H15S.C10H14F4O6S/c1-4-10-16(11-5-1)19(17-12-6-2-7-13-17)18-14-8-3-9-15-18;1-7(2)8(15)20-6-5-19-4-3-9(11,12)10(13,14)21(16,17)18/h1-15H;1,3-6H2,2H3,(H,16,17,18)/q+1;/p-1. The Balaban J connectivity index is 0.000000281. The van der Waals surface area contributed by atoms with Crippen molar-refractivity contribution in [2.24, 2.45) is 0 Å². The van der Waals surface area contributed by atoms with Crippen molar-refractivity contribution in [3.8, 4) is 0 Å². The van der Waals surface area contributed by atoms with Gasteiger partial charge in [-0.3, -0.25) is 0 Å². The lowest BCUT2D eigenvalue weighted by molar-refractivity contribution is -0.172. The number of alkyl halides is 4. The Morgan fingerprint density at radius 3 is 1.55 bits per heavy atom. The molecule has 0 radical (unpaired) electrons. The molecule has 0 aromatic heterocycles. The molecular formula is C28H28F4O6S2. The van der Waals surface area contributed by atoms with Crippen molar-refractivity contribution in [1.82, 2.24) is 0 Å². The monoisotopic (exact) mass is 600 g/mol. The van der Waals surface area contributed by atoms with Crippen LogP contribution in [0.15, 0.2) is 118 Å². The lowest BCUT2D eigenvalue weighted by Crippen LogP contribution is -2.47. The molecule has 0 saturated carbocycles. The molecule has 0 fully saturated rings. The summed E-state index contributed by atoms with van der Waals surface area (Å²) in [5, 5.41) is -5.73. The topological polar surface area (TPSA) is 92.7 Å². The van der Waals surface area contributed by atoms with Gasteiger partial charge in [0.2, 0.25) is 0 Å². The molecule has 0 unspecified atom stereocenters. The Bertz CT molecular complexity index is 1230. The molecule has 216 valence electrons. The van der Waals surface area contributed by atoms with Gasteiger partial charge in [-0.1, -0.05) is 61.2 Å². The number of halogens is 4. The Morgan fingerprint density at radius 2 is 1.20 bits per heavy atom. The highest BCUT2D eigenvalue weighted by Gasteiger charge is 2.61. The summed E-state index contributed by atoms with van der Waals surface area (Å²) in [6.45, 7) is 2.99. The molecule has 12 heteroatoms. The van der Waals surface area contributed by atoms with Gasteiger partial charge in [0.15, 0.2) is 24.8 Å². The fourth-order valence-corrected chi connectivity index (χ4v) is 5.60. The Hall–Kier alpha value is -3.19. The number of carbonyl (C=O) groups excluding carboxylic acids is 1. The molecule has 3 rings (SSSR count). The average molecular weight is 601 g/mol. The van der Waals surface area contributed by atoms with Gasteiger partial charge in [-0.15, -0.1) is 0 Å². The zero-order valence-electron chi connectivity index (χ0n) is 21.5. The van der Waals surface area contributed by atoms with Gasteiger partial charge in [0.25, 0.3) is 0 Å². The van der Waals surface area contributed by atoms with Crippen LogP contribution in [0.1, 0.15) is 13.3 Å². The molecule has 0 aliphatic rings. The van der Waals surface area contributed by atoms with Gasteiger partial charge in [0.1, 0.15) is 6.61 Å². The van der Waals surface area contributed by atoms with Crippen LogP contribution in [0.3, 0.4) is 0 Å². The summed E-state index contributed by atoms with van der Waals surface area (Å²) in [5.74, 6) is -5.81. The number of hydrogen-bond acceptors (Lipinski definition) is 6. The highest BCUT2D eigenvalue weighted by Crippen LogP contribution is 2.40. The molecule has 0 heterocycles. The van der Waals surface area contributed by atoms with Gasteiger partial charge < -0.3 is 14.0 Å². The van der Waals surface area contributed by atoms with Gasteiger partial charge in [-0.25, -0.2) is 13.2 Å². The Kier molecular flexibility index (Phi) is 12.4. The van der Waals surface area contributed by atoms with Crippen LogP contribution < -0.4 is 0 Å². The predicted molar refractivity (Wildman–Crippen MR) is 142 cm³/mol. The van der Waals surface area contributed by atoms with Crippen LogP contribution in [0, 0.1) is 0 Å². The first-order chi connectivity index (χ1) is 18.8. The number of ether oxygens (including phenoxy) is 2. The second kappa shape index (κ2) is 15.0. The van der Waals surface area contributed by atoms with E-state index in [1.165, 1.54) is 21.6 Å². The van der Waals surface area contributed by atoms with Crippen molar-refractivity contribution in [3.05, 3.63) is 103 Å². The fourth-order valence-electron chi connectivity index (χ4n) is 3.03. The normalized spacial score (nSPS) is 11.9. The summed E-state index contributed by atoms with van der Waals surface area (Å²) >= 11 is 0. The van der Waals surface area contributed by atoms with Crippen molar-refractivity contribution >= 4 is 27.0 Å². The Labute approximate surface area is 233 Å². The third kappa shape index (κ3) is 9.47. The quantitative estimate of drug-likeness (QED) is 0.0626. The van der Waals surface area contributed by atoms with E-state index in [0.29, 0.717) is 0 Å². The highest BCUT2D eigenvalue weighted by molar-refractivity contribution is 7.97. The number of carbonyl (C=O) groups is 1. The summed E-state index contributed by atoms with van der Waals surface area (Å²) in [7, 11) is -6.51. The maximum Gasteiger partial charge on any atom is 0.396 e. The summed E-state index contributed by atoms with van der Waals surface area (Å²) in [4.78, 5) is 15.0. The molecule has 0 saturated heterocycles. The van der Waals surface area contributed by atoms with Gasteiger partial charge in [0.05, 0.1) is 24.1 Å². The van der Waals surface area contributed by atoms with Gasteiger partial charge in [0, 0.05) is 12.0 Å². The Morgan fingerprint density at radius 1 is 0.800 bits per heavy atom. The van der Waals surface area contributed by atoms with Crippen molar-refractivity contribution in [2.45, 2.75) is 39.2 Å². The molecule has 0 aliphatic heterocycles. The van der Waals surface area contributed by atoms with Gasteiger partial charge in [-0.2, -0.15) is 17.6 Å². The van der Waals surface area contributed by atoms with E-state index in [4.69, 9.17) is 0 Å². The largest absolute Gasteiger partial charge is 0.743 e. The zero-order valence-corrected chi connectivity index (χ0v) is 23.1. The number of benzene rings is 3. The van der Waals surface area contributed by atoms with Crippen LogP contribution >= 0.6 is 0 Å². The molecular weight excluding hydrogens is 572 g/mol. The summed E-state index contributed by atoms with van der Waals surface area (Å²) in [6.07, 6.45) is -1.68. The summed E-state index contributed by atoms with van der Waals surface area (Å²) < 4.78 is 90.5. The SMILES string of the molecule is C=C(C)C(=O)OCCOCCC(F)(F)C(F)(F)S(=O)(=O)[O-].c1ccc([S+](c2ccccc2)c2ccccc2)cc1. The van der Waals surface area contributed by atoms with Crippen LogP contribution in [-0.2, 0) is 35.3 Å². The van der Waals surface area contributed by atoms with E-state index in [2.05, 4.69) is 107 Å². The molecule has 0 amide bonds. The van der Waals surface area contributed by atoms with Crippen molar-refractivity contribution in [3.63, 3.8) is 0 Å². The predicted octanol–water partition coefficient (Wildman–Crippen LogP) is 6.07. The average Bonchev–Trinajstić information content (AvgIpc) is 2.92. The highest BCUT2D eigenvalue weighted by atomic mass is 32.2. The molecule has 40 heavy (non-hydrogen) atoms. The molecule has 3 aromatic carbocycles. The first-order valence-corrected chi connectivity index (χ1v) is 14.4. The van der Waals surface area contributed by atoms with Crippen LogP contribution in [0.5, 0.6) is 0 Å². The van der Waals surface area contributed by atoms with E-state index in [9.17, 15) is 35.3 Å². The van der Waals surface area contributed by atoms with Gasteiger partial charge >= 0.3 is 17.1 Å². The summed E-state index contributed by atoms with van der Waals surface area (Å²) in [5.41, 5.74) is 0.0989. The molecule has 0 spiro atoms. The molecule has 0 aliphatic carbocycles. The van der Waals surface area contributed by atoms with E-state index in [1.54, 1.807) is 0 Å². The lowest BCUT2D eigenvalue weighted by atomic mass is 10.2. The van der Waals surface area contributed by atoms with E-state index in [0.717, 1.165) is 0 Å². The van der Waals surface area contributed by atoms with Gasteiger partial charge in [-0.05, 0) is 43.3 Å². The first kappa shape index (κ1) is 33.0. The van der Waals surface area contributed by atoms with Crippen molar-refractivity contribution < 1.29 is 44.8 Å². The second-order valence-electron chi connectivity index (χ2n) is 8.20. The third-order valence-electron chi connectivity index (χ3n) is 5.05. The first-order valence-electron chi connectivity index (χ1n) is 11.8. The molecule has 0 bridgehead atoms. The third-order valence-corrected chi connectivity index (χ3v) is 8.20. The van der Waals surface area contributed by atoms with Crippen molar-refractivity contribution in [2.75, 3.05) is 19.8 Å². The maximum absolute atomic E-state index is 12.9. The number of esters is 1. The van der Waals surface area contributed by atoms with Crippen LogP contribution in [0.4, 0.5) is 17.6 Å². The lowest BCUT2D eigenvalue weighted by Gasteiger charge is -2.28. The zero-order chi connectivity index (χ0) is 29.8. The van der Waals surface area contributed by atoms with E-state index < -0.39 is 40.3 Å². The minimum Gasteiger partial charge on any atom is -0.743 e. The molecule has 0 atom stereocenters. The maximum atomic E-state index is 12.9. The number of hydrogen-bond donors (Lipinski definition) is 0. The molecule has 0 N–H and O–H groups in total. The smallest absolute Gasteiger partial charge is 0.396 e. The summed E-state index contributed by atoms with van der Waals surface area (Å²) in [6, 6.07) is 32.2. The van der Waals surface area contributed by atoms with Crippen molar-refractivity contribution in [1.29, 1.82) is 0 Å². The molecule has 3 aromatic rings. The fraction of sp³-hybridized carbons (Fsp3) is 0.250. The van der Waals surface area contributed by atoms with Crippen LogP contribution in [0.2, 0.25) is 0 Å².